The summed E-state index contributed by atoms with van der Waals surface area (Å²) in [6.45, 7) is 6.84. The van der Waals surface area contributed by atoms with Crippen molar-refractivity contribution >= 4 is 11.9 Å². The first kappa shape index (κ1) is 24.2. The third-order valence-corrected chi connectivity index (χ3v) is 11.0. The lowest BCUT2D eigenvalue weighted by atomic mass is 9.41. The van der Waals surface area contributed by atoms with Gasteiger partial charge in [-0.1, -0.05) is 31.7 Å². The number of fused-ring (bicyclic) bond motifs is 5. The molecule has 4 N–H and O–H groups in total. The number of rotatable bonds is 4. The largest absolute Gasteiger partial charge is 0.490 e. The second kappa shape index (κ2) is 8.44. The van der Waals surface area contributed by atoms with Gasteiger partial charge in [0.2, 0.25) is 0 Å². The zero-order valence-electron chi connectivity index (χ0n) is 21.3. The van der Waals surface area contributed by atoms with Gasteiger partial charge in [0.15, 0.2) is 0 Å². The molecular formula is C30H40N2O4. The van der Waals surface area contributed by atoms with Gasteiger partial charge in [-0.15, -0.1) is 0 Å². The molecule has 4 fully saturated rings. The van der Waals surface area contributed by atoms with Crippen molar-refractivity contribution in [3.05, 3.63) is 54.3 Å². The van der Waals surface area contributed by atoms with Crippen molar-refractivity contribution in [1.82, 2.24) is 0 Å². The zero-order chi connectivity index (χ0) is 25.2. The first-order chi connectivity index (χ1) is 17.2. The maximum Gasteiger partial charge on any atom is 0.112 e. The first-order valence-corrected chi connectivity index (χ1v) is 13.7. The molecule has 6 rings (SSSR count). The van der Waals surface area contributed by atoms with Gasteiger partial charge in [-0.3, -0.25) is 5.43 Å². The predicted octanol–water partition coefficient (Wildman–Crippen LogP) is 4.78. The Morgan fingerprint density at radius 2 is 1.81 bits per heavy atom. The smallest absolute Gasteiger partial charge is 0.112 e. The zero-order valence-corrected chi connectivity index (χ0v) is 21.3. The van der Waals surface area contributed by atoms with Gasteiger partial charge in [0.1, 0.15) is 12.4 Å². The summed E-state index contributed by atoms with van der Waals surface area (Å²) < 4.78 is 5.68. The minimum atomic E-state index is -1.02. The Hall–Kier alpha value is -2.15. The van der Waals surface area contributed by atoms with Crippen molar-refractivity contribution in [3.8, 4) is 0 Å². The predicted molar refractivity (Wildman–Crippen MR) is 140 cm³/mol. The summed E-state index contributed by atoms with van der Waals surface area (Å²) in [4.78, 5) is 0. The standard InChI is InChI=1S/C30H40N2O4/c1-20-16-21(18-36-20)24-11-15-30(35)26-10-14-29(34)17-23(33)8-13-28(29,25(26)9-12-27(24,30)2)19-31-32-22-6-4-3-5-7-22/h3-7,16,19,23-26,32-35H,1,8-15,17-18H2,2H3/b31-19+/t23-,24?,25+,26-,27?,28?,29?,30?/m1/s1. The van der Waals surface area contributed by atoms with Gasteiger partial charge in [0.25, 0.3) is 0 Å². The number of nitrogens with one attached hydrogen (secondary N) is 1. The first-order valence-electron chi connectivity index (χ1n) is 13.7. The van der Waals surface area contributed by atoms with Gasteiger partial charge in [-0.2, -0.15) is 5.10 Å². The van der Waals surface area contributed by atoms with Gasteiger partial charge in [-0.05, 0) is 92.9 Å². The van der Waals surface area contributed by atoms with E-state index in [2.05, 4.69) is 30.1 Å². The lowest BCUT2D eigenvalue weighted by Crippen LogP contribution is -2.68. The Morgan fingerprint density at radius 3 is 2.56 bits per heavy atom. The van der Waals surface area contributed by atoms with Crippen molar-refractivity contribution in [2.24, 2.45) is 33.7 Å². The summed E-state index contributed by atoms with van der Waals surface area (Å²) >= 11 is 0. The van der Waals surface area contributed by atoms with E-state index in [1.165, 1.54) is 5.57 Å². The van der Waals surface area contributed by atoms with Crippen molar-refractivity contribution in [3.63, 3.8) is 0 Å². The molecule has 0 aromatic heterocycles. The van der Waals surface area contributed by atoms with Crippen LogP contribution in [0.4, 0.5) is 5.69 Å². The van der Waals surface area contributed by atoms with E-state index >= 15 is 0 Å². The molecule has 5 aliphatic rings. The molecule has 4 saturated carbocycles. The number of para-hydroxylation sites is 1. The van der Waals surface area contributed by atoms with Crippen LogP contribution >= 0.6 is 0 Å². The molecule has 1 heterocycles. The molecule has 1 aromatic rings. The monoisotopic (exact) mass is 492 g/mol. The van der Waals surface area contributed by atoms with E-state index in [-0.39, 0.29) is 17.3 Å². The number of aliphatic hydroxyl groups is 3. The van der Waals surface area contributed by atoms with Crippen LogP contribution in [0.5, 0.6) is 0 Å². The molecule has 0 saturated heterocycles. The number of hydrogen-bond acceptors (Lipinski definition) is 6. The normalized spacial score (nSPS) is 46.0. The molecule has 6 heteroatoms. The van der Waals surface area contributed by atoms with E-state index in [1.54, 1.807) is 0 Å². The lowest BCUT2D eigenvalue weighted by molar-refractivity contribution is -0.237. The van der Waals surface area contributed by atoms with Crippen LogP contribution in [0.1, 0.15) is 64.7 Å². The number of ether oxygens (including phenoxy) is 1. The number of allylic oxidation sites excluding steroid dienone is 1. The van der Waals surface area contributed by atoms with Gasteiger partial charge >= 0.3 is 0 Å². The van der Waals surface area contributed by atoms with Crippen LogP contribution in [0.25, 0.3) is 0 Å². The molecule has 194 valence electrons. The maximum atomic E-state index is 12.5. The highest BCUT2D eigenvalue weighted by Gasteiger charge is 2.71. The molecule has 0 spiro atoms. The molecule has 1 aliphatic heterocycles. The molecule has 6 nitrogen and oxygen atoms in total. The minimum absolute atomic E-state index is 0.0890. The SMILES string of the molecule is C=C1C=C(C2CCC3(O)[C@@H]4CCC5(O)C[C@H](O)CCC5(/C=N/Nc5ccccc5)[C@H]4CCC23C)CO1. The summed E-state index contributed by atoms with van der Waals surface area (Å²) in [5.41, 5.74) is 2.72. The fourth-order valence-electron chi connectivity index (χ4n) is 9.17. The molecule has 1 aromatic carbocycles. The van der Waals surface area contributed by atoms with Gasteiger partial charge in [0, 0.05) is 23.5 Å². The van der Waals surface area contributed by atoms with Crippen molar-refractivity contribution < 1.29 is 20.1 Å². The van der Waals surface area contributed by atoms with Crippen LogP contribution in [0.15, 0.2) is 59.4 Å². The highest BCUT2D eigenvalue weighted by Crippen LogP contribution is 2.70. The van der Waals surface area contributed by atoms with Gasteiger partial charge < -0.3 is 20.1 Å². The summed E-state index contributed by atoms with van der Waals surface area (Å²) in [6, 6.07) is 9.85. The van der Waals surface area contributed by atoms with E-state index in [0.29, 0.717) is 38.2 Å². The highest BCUT2D eigenvalue weighted by atomic mass is 16.5. The second-order valence-electron chi connectivity index (χ2n) is 12.4. The van der Waals surface area contributed by atoms with Crippen LogP contribution in [0, 0.1) is 28.6 Å². The van der Waals surface area contributed by atoms with Crippen molar-refractivity contribution in [2.45, 2.75) is 82.0 Å². The summed E-state index contributed by atoms with van der Waals surface area (Å²) in [6.07, 6.45) is 10.2. The van der Waals surface area contributed by atoms with Crippen molar-refractivity contribution in [2.75, 3.05) is 12.0 Å². The molecule has 0 amide bonds. The number of anilines is 1. The minimum Gasteiger partial charge on any atom is -0.490 e. The third-order valence-electron chi connectivity index (χ3n) is 11.0. The summed E-state index contributed by atoms with van der Waals surface area (Å²) in [5, 5.41) is 39.9. The Morgan fingerprint density at radius 1 is 1.03 bits per heavy atom. The van der Waals surface area contributed by atoms with Crippen LogP contribution < -0.4 is 5.43 Å². The molecule has 8 atom stereocenters. The number of benzene rings is 1. The quantitative estimate of drug-likeness (QED) is 0.358. The third kappa shape index (κ3) is 3.37. The van der Waals surface area contributed by atoms with Crippen molar-refractivity contribution in [1.29, 1.82) is 0 Å². The van der Waals surface area contributed by atoms with E-state index in [9.17, 15) is 15.3 Å². The molecular weight excluding hydrogens is 452 g/mol. The van der Waals surface area contributed by atoms with E-state index < -0.39 is 22.7 Å². The Labute approximate surface area is 214 Å². The van der Waals surface area contributed by atoms with E-state index in [4.69, 9.17) is 4.74 Å². The molecule has 36 heavy (non-hydrogen) atoms. The van der Waals surface area contributed by atoms with Crippen LogP contribution in [0.3, 0.4) is 0 Å². The Balaban J connectivity index is 1.35. The Kier molecular flexibility index (Phi) is 5.67. The number of aliphatic hydroxyl groups excluding tert-OH is 1. The number of hydrazone groups is 1. The Bertz CT molecular complexity index is 1090. The summed E-state index contributed by atoms with van der Waals surface area (Å²) in [5.74, 6) is 1.22. The van der Waals surface area contributed by atoms with Crippen LogP contribution in [-0.2, 0) is 4.74 Å². The second-order valence-corrected chi connectivity index (χ2v) is 12.4. The topological polar surface area (TPSA) is 94.3 Å². The fourth-order valence-corrected chi connectivity index (χ4v) is 9.17. The molecule has 5 unspecified atom stereocenters. The lowest BCUT2D eigenvalue weighted by Gasteiger charge is -2.65. The maximum absolute atomic E-state index is 12.5. The molecule has 0 bridgehead atoms. The number of hydrogen-bond donors (Lipinski definition) is 4. The van der Waals surface area contributed by atoms with E-state index in [1.807, 2.05) is 36.5 Å². The molecule has 4 aliphatic carbocycles. The molecule has 0 radical (unpaired) electrons. The summed E-state index contributed by atoms with van der Waals surface area (Å²) in [7, 11) is 0. The van der Waals surface area contributed by atoms with Gasteiger partial charge in [0.05, 0.1) is 23.0 Å². The average Bonchev–Trinajstić information content (AvgIpc) is 3.40. The van der Waals surface area contributed by atoms with Crippen LogP contribution in [0.2, 0.25) is 0 Å². The number of nitrogens with zero attached hydrogens (tertiary/aromatic N) is 1. The fraction of sp³-hybridized carbons (Fsp3) is 0.633. The van der Waals surface area contributed by atoms with E-state index in [0.717, 1.165) is 43.6 Å². The van der Waals surface area contributed by atoms with Crippen LogP contribution in [-0.4, -0.2) is 45.4 Å². The van der Waals surface area contributed by atoms with Gasteiger partial charge in [-0.25, -0.2) is 0 Å². The average molecular weight is 493 g/mol. The highest BCUT2D eigenvalue weighted by molar-refractivity contribution is 5.71.